The fraction of sp³-hybridized carbons (Fsp3) is 0.345. The molecule has 0 spiro atoms. The summed E-state index contributed by atoms with van der Waals surface area (Å²) in [5.74, 6) is 0.188. The SMILES string of the molecule is CCC/C(CC1CCc2c(cccc2OCC(=O)O)C1)=N\OC(c1ccccc1)c1cccnc1. The van der Waals surface area contributed by atoms with E-state index in [1.54, 1.807) is 6.20 Å². The van der Waals surface area contributed by atoms with Gasteiger partial charge in [0.1, 0.15) is 5.75 Å². The zero-order valence-corrected chi connectivity index (χ0v) is 20.1. The van der Waals surface area contributed by atoms with Gasteiger partial charge in [0, 0.05) is 18.0 Å². The average molecular weight is 473 g/mol. The van der Waals surface area contributed by atoms with Crippen molar-refractivity contribution < 1.29 is 19.5 Å². The fourth-order valence-electron chi connectivity index (χ4n) is 4.70. The van der Waals surface area contributed by atoms with E-state index in [0.717, 1.165) is 60.9 Å². The minimum Gasteiger partial charge on any atom is -0.482 e. The molecule has 35 heavy (non-hydrogen) atoms. The van der Waals surface area contributed by atoms with E-state index in [4.69, 9.17) is 14.7 Å². The minimum atomic E-state index is -0.961. The van der Waals surface area contributed by atoms with Crippen LogP contribution in [-0.2, 0) is 22.5 Å². The molecule has 0 saturated heterocycles. The molecule has 1 aliphatic carbocycles. The maximum absolute atomic E-state index is 10.9. The number of oxime groups is 1. The maximum atomic E-state index is 10.9. The van der Waals surface area contributed by atoms with E-state index in [1.807, 2.05) is 48.7 Å². The van der Waals surface area contributed by atoms with Gasteiger partial charge in [0.25, 0.3) is 0 Å². The van der Waals surface area contributed by atoms with Gasteiger partial charge in [-0.3, -0.25) is 4.98 Å². The molecule has 0 radical (unpaired) electrons. The number of carboxylic acid groups (broad SMARTS) is 1. The highest BCUT2D eigenvalue weighted by atomic mass is 16.6. The van der Waals surface area contributed by atoms with Crippen molar-refractivity contribution in [2.75, 3.05) is 6.61 Å². The van der Waals surface area contributed by atoms with Gasteiger partial charge < -0.3 is 14.7 Å². The molecule has 0 fully saturated rings. The second-order valence-corrected chi connectivity index (χ2v) is 8.98. The molecule has 1 aliphatic rings. The largest absolute Gasteiger partial charge is 0.482 e. The molecule has 4 rings (SSSR count). The highest BCUT2D eigenvalue weighted by Gasteiger charge is 2.24. The second-order valence-electron chi connectivity index (χ2n) is 8.98. The summed E-state index contributed by atoms with van der Waals surface area (Å²) in [7, 11) is 0. The molecule has 2 atom stereocenters. The first-order valence-electron chi connectivity index (χ1n) is 12.3. The van der Waals surface area contributed by atoms with Crippen molar-refractivity contribution in [3.8, 4) is 5.75 Å². The lowest BCUT2D eigenvalue weighted by molar-refractivity contribution is -0.139. The van der Waals surface area contributed by atoms with Gasteiger partial charge in [-0.2, -0.15) is 0 Å². The molecule has 2 unspecified atom stereocenters. The predicted molar refractivity (Wildman–Crippen MR) is 136 cm³/mol. The smallest absolute Gasteiger partial charge is 0.341 e. The van der Waals surface area contributed by atoms with E-state index in [1.165, 1.54) is 5.56 Å². The summed E-state index contributed by atoms with van der Waals surface area (Å²) in [6.07, 6.45) is 8.85. The summed E-state index contributed by atoms with van der Waals surface area (Å²) in [6, 6.07) is 20.0. The van der Waals surface area contributed by atoms with Crippen molar-refractivity contribution in [1.82, 2.24) is 4.98 Å². The Morgan fingerprint density at radius 2 is 1.94 bits per heavy atom. The number of fused-ring (bicyclic) bond motifs is 1. The van der Waals surface area contributed by atoms with Crippen molar-refractivity contribution in [3.05, 3.63) is 95.3 Å². The number of aromatic nitrogens is 1. The number of pyridine rings is 1. The molecule has 6 nitrogen and oxygen atoms in total. The van der Waals surface area contributed by atoms with E-state index in [0.29, 0.717) is 11.7 Å². The Morgan fingerprint density at radius 3 is 2.69 bits per heavy atom. The van der Waals surface area contributed by atoms with Crippen LogP contribution in [0.25, 0.3) is 0 Å². The number of carboxylic acids is 1. The number of hydrogen-bond donors (Lipinski definition) is 1. The molecule has 0 bridgehead atoms. The molecule has 182 valence electrons. The quantitative estimate of drug-likeness (QED) is 0.273. The minimum absolute atomic E-state index is 0.308. The Morgan fingerprint density at radius 1 is 1.11 bits per heavy atom. The first-order chi connectivity index (χ1) is 17.1. The number of carbonyl (C=O) groups is 1. The molecule has 1 heterocycles. The Kier molecular flexibility index (Phi) is 8.49. The Hall–Kier alpha value is -3.67. The number of nitrogens with zero attached hydrogens (tertiary/aromatic N) is 2. The summed E-state index contributed by atoms with van der Waals surface area (Å²) in [4.78, 5) is 21.4. The molecular weight excluding hydrogens is 440 g/mol. The molecule has 0 amide bonds. The van der Waals surface area contributed by atoms with Gasteiger partial charge in [-0.15, -0.1) is 0 Å². The number of aliphatic carboxylic acids is 1. The lowest BCUT2D eigenvalue weighted by Gasteiger charge is -2.26. The molecule has 3 aromatic rings. The van der Waals surface area contributed by atoms with Gasteiger partial charge in [-0.05, 0) is 66.8 Å². The van der Waals surface area contributed by atoms with Crippen molar-refractivity contribution in [1.29, 1.82) is 0 Å². The Bertz CT molecular complexity index is 1090. The Balaban J connectivity index is 1.48. The van der Waals surface area contributed by atoms with E-state index in [-0.39, 0.29) is 12.7 Å². The summed E-state index contributed by atoms with van der Waals surface area (Å²) < 4.78 is 5.52. The van der Waals surface area contributed by atoms with E-state index in [2.05, 4.69) is 35.3 Å². The normalized spacial score (nSPS) is 16.3. The molecule has 0 saturated carbocycles. The molecule has 1 aromatic heterocycles. The third-order valence-electron chi connectivity index (χ3n) is 6.33. The van der Waals surface area contributed by atoms with E-state index in [9.17, 15) is 4.79 Å². The van der Waals surface area contributed by atoms with Crippen LogP contribution in [0, 0.1) is 5.92 Å². The monoisotopic (exact) mass is 472 g/mol. The molecule has 2 aromatic carbocycles. The lowest BCUT2D eigenvalue weighted by atomic mass is 9.80. The summed E-state index contributed by atoms with van der Waals surface area (Å²) in [6.45, 7) is 1.84. The molecular formula is C29H32N2O4. The van der Waals surface area contributed by atoms with Gasteiger partial charge in [-0.25, -0.2) is 4.79 Å². The Labute approximate surface area is 206 Å². The molecule has 1 N–H and O–H groups in total. The van der Waals surface area contributed by atoms with Crippen LogP contribution in [0.5, 0.6) is 5.75 Å². The van der Waals surface area contributed by atoms with Crippen LogP contribution in [0.1, 0.15) is 61.0 Å². The van der Waals surface area contributed by atoms with Crippen molar-refractivity contribution >= 4 is 11.7 Å². The van der Waals surface area contributed by atoms with Crippen molar-refractivity contribution in [2.24, 2.45) is 11.1 Å². The first-order valence-corrected chi connectivity index (χ1v) is 12.3. The number of hydrogen-bond acceptors (Lipinski definition) is 5. The fourth-order valence-corrected chi connectivity index (χ4v) is 4.70. The van der Waals surface area contributed by atoms with Crippen LogP contribution in [0.15, 0.2) is 78.2 Å². The third-order valence-corrected chi connectivity index (χ3v) is 6.33. The number of benzene rings is 2. The zero-order valence-electron chi connectivity index (χ0n) is 20.1. The summed E-state index contributed by atoms with van der Waals surface area (Å²) >= 11 is 0. The van der Waals surface area contributed by atoms with Crippen LogP contribution < -0.4 is 4.74 Å². The highest BCUT2D eigenvalue weighted by Crippen LogP contribution is 2.34. The van der Waals surface area contributed by atoms with Crippen molar-refractivity contribution in [3.63, 3.8) is 0 Å². The standard InChI is InChI=1S/C29H32N2O4/c1-2-8-25(31-35-29(22-9-4-3-5-10-22)24-12-7-16-30-19-24)18-21-14-15-26-23(17-21)11-6-13-27(26)34-20-28(32)33/h3-7,9-13,16,19,21,29H,2,8,14-15,17-18,20H2,1H3,(H,32,33)/b31-25+. The molecule has 0 aliphatic heterocycles. The van der Waals surface area contributed by atoms with Gasteiger partial charge in [0.15, 0.2) is 12.7 Å². The van der Waals surface area contributed by atoms with Gasteiger partial charge in [0.05, 0.1) is 5.71 Å². The van der Waals surface area contributed by atoms with Crippen LogP contribution in [0.2, 0.25) is 0 Å². The third kappa shape index (κ3) is 6.69. The van der Waals surface area contributed by atoms with Gasteiger partial charge >= 0.3 is 5.97 Å². The zero-order chi connectivity index (χ0) is 24.5. The summed E-state index contributed by atoms with van der Waals surface area (Å²) in [5.41, 5.74) is 5.46. The summed E-state index contributed by atoms with van der Waals surface area (Å²) in [5, 5.41) is 13.6. The van der Waals surface area contributed by atoms with Crippen LogP contribution in [0.3, 0.4) is 0 Å². The van der Waals surface area contributed by atoms with Gasteiger partial charge in [0.2, 0.25) is 0 Å². The lowest BCUT2D eigenvalue weighted by Crippen LogP contribution is -2.19. The average Bonchev–Trinajstić information content (AvgIpc) is 2.88. The molecule has 6 heteroatoms. The van der Waals surface area contributed by atoms with Crippen molar-refractivity contribution in [2.45, 2.75) is 51.6 Å². The van der Waals surface area contributed by atoms with Gasteiger partial charge in [-0.1, -0.05) is 67.0 Å². The van der Waals surface area contributed by atoms with Crippen LogP contribution in [0.4, 0.5) is 0 Å². The van der Waals surface area contributed by atoms with E-state index >= 15 is 0 Å². The highest BCUT2D eigenvalue weighted by molar-refractivity contribution is 5.84. The first kappa shape index (κ1) is 24.5. The number of ether oxygens (including phenoxy) is 1. The second kappa shape index (κ2) is 12.2. The topological polar surface area (TPSA) is 81.0 Å². The van der Waals surface area contributed by atoms with Crippen LogP contribution in [-0.4, -0.2) is 28.4 Å². The maximum Gasteiger partial charge on any atom is 0.341 e. The van der Waals surface area contributed by atoms with Crippen LogP contribution >= 0.6 is 0 Å². The number of rotatable bonds is 11. The predicted octanol–water partition coefficient (Wildman–Crippen LogP) is 6.00. The van der Waals surface area contributed by atoms with E-state index < -0.39 is 5.97 Å².